The van der Waals surface area contributed by atoms with Crippen LogP contribution in [0.2, 0.25) is 0 Å². The number of carbonyl (C=O) groups excluding carboxylic acids is 2. The van der Waals surface area contributed by atoms with Gasteiger partial charge in [0.1, 0.15) is 0 Å². The van der Waals surface area contributed by atoms with Gasteiger partial charge in [-0.3, -0.25) is 9.59 Å². The minimum Gasteiger partial charge on any atom is -0.326 e. The second-order valence-corrected chi connectivity index (χ2v) is 10.3. The van der Waals surface area contributed by atoms with Gasteiger partial charge in [0.25, 0.3) is 0 Å². The van der Waals surface area contributed by atoms with Gasteiger partial charge in [-0.05, 0) is 44.0 Å². The van der Waals surface area contributed by atoms with E-state index < -0.39 is 0 Å². The highest BCUT2D eigenvalue weighted by atomic mass is 32.2. The van der Waals surface area contributed by atoms with Gasteiger partial charge >= 0.3 is 0 Å². The summed E-state index contributed by atoms with van der Waals surface area (Å²) < 4.78 is 0. The smallest absolute Gasteiger partial charge is 0.239 e. The van der Waals surface area contributed by atoms with Crippen LogP contribution < -0.4 is 10.6 Å². The Morgan fingerprint density at radius 2 is 1.72 bits per heavy atom. The highest BCUT2D eigenvalue weighted by molar-refractivity contribution is 8.00. The molecule has 166 valence electrons. The van der Waals surface area contributed by atoms with Crippen molar-refractivity contribution in [1.82, 2.24) is 4.98 Å². The van der Waals surface area contributed by atoms with Crippen LogP contribution in [0.15, 0.2) is 64.9 Å². The average Bonchev–Trinajstić information content (AvgIpc) is 3.30. The Bertz CT molecular complexity index is 1040. The molecule has 2 N–H and O–H groups in total. The van der Waals surface area contributed by atoms with Crippen molar-refractivity contribution in [2.24, 2.45) is 5.92 Å². The van der Waals surface area contributed by atoms with E-state index in [4.69, 9.17) is 0 Å². The molecule has 4 rings (SSSR count). The van der Waals surface area contributed by atoms with E-state index in [0.29, 0.717) is 5.13 Å². The maximum atomic E-state index is 12.6. The topological polar surface area (TPSA) is 71.1 Å². The molecule has 7 heteroatoms. The Balaban J connectivity index is 1.28. The highest BCUT2D eigenvalue weighted by Crippen LogP contribution is 2.29. The van der Waals surface area contributed by atoms with Crippen LogP contribution in [0.5, 0.6) is 0 Å². The van der Waals surface area contributed by atoms with Gasteiger partial charge in [-0.1, -0.05) is 49.6 Å². The number of benzene rings is 2. The predicted octanol–water partition coefficient (Wildman–Crippen LogP) is 6.45. The molecule has 2 aromatic carbocycles. The molecule has 1 unspecified atom stereocenters. The third-order valence-corrected chi connectivity index (χ3v) is 7.45. The van der Waals surface area contributed by atoms with Gasteiger partial charge in [-0.15, -0.1) is 23.1 Å². The molecular formula is C25H27N3O2S2. The van der Waals surface area contributed by atoms with E-state index in [2.05, 4.69) is 15.6 Å². The minimum atomic E-state index is -0.276. The summed E-state index contributed by atoms with van der Waals surface area (Å²) in [5.74, 6) is 0.171. The molecule has 0 spiro atoms. The summed E-state index contributed by atoms with van der Waals surface area (Å²) in [5, 5.41) is 8.22. The average molecular weight is 466 g/mol. The summed E-state index contributed by atoms with van der Waals surface area (Å²) in [5.41, 5.74) is 2.69. The molecule has 32 heavy (non-hydrogen) atoms. The second-order valence-electron chi connectivity index (χ2n) is 8.00. The van der Waals surface area contributed by atoms with Crippen molar-refractivity contribution in [3.63, 3.8) is 0 Å². The van der Waals surface area contributed by atoms with E-state index in [1.165, 1.54) is 29.5 Å². The minimum absolute atomic E-state index is 0.0846. The predicted molar refractivity (Wildman–Crippen MR) is 133 cm³/mol. The molecule has 1 heterocycles. The Morgan fingerprint density at radius 1 is 1.00 bits per heavy atom. The summed E-state index contributed by atoms with van der Waals surface area (Å²) in [6.45, 7) is 1.88. The van der Waals surface area contributed by atoms with Crippen molar-refractivity contribution in [2.75, 3.05) is 10.6 Å². The lowest BCUT2D eigenvalue weighted by Gasteiger charge is -2.20. The summed E-state index contributed by atoms with van der Waals surface area (Å²) in [6.07, 6.45) is 5.49. The summed E-state index contributed by atoms with van der Waals surface area (Å²) in [4.78, 5) is 30.5. The zero-order chi connectivity index (χ0) is 22.3. The van der Waals surface area contributed by atoms with Crippen molar-refractivity contribution in [1.29, 1.82) is 0 Å². The molecule has 0 saturated heterocycles. The van der Waals surface area contributed by atoms with Crippen LogP contribution in [0.1, 0.15) is 39.0 Å². The van der Waals surface area contributed by atoms with Crippen molar-refractivity contribution in [2.45, 2.75) is 49.2 Å². The van der Waals surface area contributed by atoms with Crippen LogP contribution in [-0.4, -0.2) is 22.0 Å². The highest BCUT2D eigenvalue weighted by Gasteiger charge is 2.21. The number of nitrogens with zero attached hydrogens (tertiary/aromatic N) is 1. The van der Waals surface area contributed by atoms with Gasteiger partial charge in [-0.25, -0.2) is 4.98 Å². The van der Waals surface area contributed by atoms with Gasteiger partial charge in [0, 0.05) is 27.4 Å². The maximum absolute atomic E-state index is 12.6. The van der Waals surface area contributed by atoms with E-state index in [0.717, 1.165) is 47.5 Å². The maximum Gasteiger partial charge on any atom is 0.239 e. The van der Waals surface area contributed by atoms with Crippen molar-refractivity contribution >= 4 is 45.7 Å². The quantitative estimate of drug-likeness (QED) is 0.394. The lowest BCUT2D eigenvalue weighted by atomic mass is 9.88. The molecule has 2 amide bonds. The number of hydrogen-bond donors (Lipinski definition) is 2. The Morgan fingerprint density at radius 3 is 2.44 bits per heavy atom. The van der Waals surface area contributed by atoms with Crippen molar-refractivity contribution in [3.8, 4) is 11.3 Å². The molecule has 1 aromatic heterocycles. The SMILES string of the molecule is CC(Sc1ccc(NC(=O)C2CCCCC2)cc1)C(=O)Nc1nc(-c2ccccc2)cs1. The Labute approximate surface area is 197 Å². The first kappa shape index (κ1) is 22.6. The number of anilines is 2. The van der Waals surface area contributed by atoms with E-state index in [-0.39, 0.29) is 23.0 Å². The number of thiazole rings is 1. The van der Waals surface area contributed by atoms with Crippen LogP contribution in [0.25, 0.3) is 11.3 Å². The lowest BCUT2D eigenvalue weighted by Crippen LogP contribution is -2.24. The fourth-order valence-corrected chi connectivity index (χ4v) is 5.35. The van der Waals surface area contributed by atoms with Crippen molar-refractivity contribution < 1.29 is 9.59 Å². The number of amides is 2. The second kappa shape index (κ2) is 10.8. The molecule has 5 nitrogen and oxygen atoms in total. The molecule has 1 fully saturated rings. The van der Waals surface area contributed by atoms with Crippen molar-refractivity contribution in [3.05, 3.63) is 60.0 Å². The van der Waals surface area contributed by atoms with Gasteiger partial charge in [-0.2, -0.15) is 0 Å². The van der Waals surface area contributed by atoms with Crippen LogP contribution in [-0.2, 0) is 9.59 Å². The Hall–Kier alpha value is -2.64. The largest absolute Gasteiger partial charge is 0.326 e. The van der Waals surface area contributed by atoms with Crippen LogP contribution in [0.4, 0.5) is 10.8 Å². The molecular weight excluding hydrogens is 438 g/mol. The first-order valence-corrected chi connectivity index (χ1v) is 12.7. The summed E-state index contributed by atoms with van der Waals surface area (Å²) in [7, 11) is 0. The molecule has 0 aliphatic heterocycles. The molecule has 3 aromatic rings. The lowest BCUT2D eigenvalue weighted by molar-refractivity contribution is -0.120. The number of thioether (sulfide) groups is 1. The van der Waals surface area contributed by atoms with Crippen LogP contribution >= 0.6 is 23.1 Å². The molecule has 1 aliphatic rings. The fraction of sp³-hybridized carbons (Fsp3) is 0.320. The molecule has 0 radical (unpaired) electrons. The third-order valence-electron chi connectivity index (χ3n) is 5.58. The van der Waals surface area contributed by atoms with E-state index in [1.807, 2.05) is 66.9 Å². The number of nitrogens with one attached hydrogen (secondary N) is 2. The molecule has 1 aliphatic carbocycles. The molecule has 0 bridgehead atoms. The summed E-state index contributed by atoms with van der Waals surface area (Å²) in [6, 6.07) is 17.6. The standard InChI is InChI=1S/C25H27N3O2S2/c1-17(23(29)28-25-27-22(16-31-25)18-8-4-2-5-9-18)32-21-14-12-20(13-15-21)26-24(30)19-10-6-3-7-11-19/h2,4-5,8-9,12-17,19H,3,6-7,10-11H2,1H3,(H,26,30)(H,27,28,29). The fourth-order valence-electron chi connectivity index (χ4n) is 3.76. The first-order chi connectivity index (χ1) is 15.6. The number of rotatable bonds is 7. The van der Waals surface area contributed by atoms with Gasteiger partial charge < -0.3 is 10.6 Å². The third kappa shape index (κ3) is 5.99. The van der Waals surface area contributed by atoms with Gasteiger partial charge in [0.15, 0.2) is 5.13 Å². The monoisotopic (exact) mass is 465 g/mol. The zero-order valence-corrected chi connectivity index (χ0v) is 19.7. The van der Waals surface area contributed by atoms with Gasteiger partial charge in [0.05, 0.1) is 10.9 Å². The van der Waals surface area contributed by atoms with E-state index in [9.17, 15) is 9.59 Å². The first-order valence-electron chi connectivity index (χ1n) is 11.0. The summed E-state index contributed by atoms with van der Waals surface area (Å²) >= 11 is 2.91. The van der Waals surface area contributed by atoms with E-state index in [1.54, 1.807) is 0 Å². The van der Waals surface area contributed by atoms with Gasteiger partial charge in [0.2, 0.25) is 11.8 Å². The van der Waals surface area contributed by atoms with E-state index >= 15 is 0 Å². The zero-order valence-electron chi connectivity index (χ0n) is 18.0. The normalized spacial score (nSPS) is 15.2. The molecule has 1 saturated carbocycles. The number of carbonyl (C=O) groups is 2. The van der Waals surface area contributed by atoms with Crippen LogP contribution in [0.3, 0.4) is 0 Å². The number of hydrogen-bond acceptors (Lipinski definition) is 5. The molecule has 1 atom stereocenters. The van der Waals surface area contributed by atoms with Crippen LogP contribution in [0, 0.1) is 5.92 Å². The Kier molecular flexibility index (Phi) is 7.60. The number of aromatic nitrogens is 1.